The van der Waals surface area contributed by atoms with E-state index < -0.39 is 0 Å². The molecular weight excluding hydrogens is 402 g/mol. The largest absolute Gasteiger partial charge is 0.493 e. The molecule has 1 aromatic heterocycles. The van der Waals surface area contributed by atoms with Crippen molar-refractivity contribution in [3.63, 3.8) is 0 Å². The highest BCUT2D eigenvalue weighted by Gasteiger charge is 2.16. The molecule has 0 atom stereocenters. The minimum Gasteiger partial charge on any atom is -0.493 e. The summed E-state index contributed by atoms with van der Waals surface area (Å²) in [4.78, 5) is 14.5. The maximum Gasteiger partial charge on any atom is 0.277 e. The first kappa shape index (κ1) is 21.7. The smallest absolute Gasteiger partial charge is 0.277 e. The Morgan fingerprint density at radius 1 is 1.07 bits per heavy atom. The van der Waals surface area contributed by atoms with Crippen molar-refractivity contribution >= 4 is 17.7 Å². The van der Waals surface area contributed by atoms with Gasteiger partial charge in [0.2, 0.25) is 11.8 Å². The monoisotopic (exact) mass is 427 g/mol. The number of thioether (sulfide) groups is 1. The van der Waals surface area contributed by atoms with Crippen LogP contribution in [0.3, 0.4) is 0 Å². The van der Waals surface area contributed by atoms with E-state index in [2.05, 4.69) is 10.2 Å². The van der Waals surface area contributed by atoms with Crippen LogP contribution in [-0.2, 0) is 11.3 Å². The molecule has 0 N–H and O–H groups in total. The number of nitrogens with zero attached hydrogens (tertiary/aromatic N) is 3. The van der Waals surface area contributed by atoms with E-state index in [4.69, 9.17) is 13.9 Å². The van der Waals surface area contributed by atoms with Crippen molar-refractivity contribution in [3.05, 3.63) is 53.6 Å². The second-order valence-electron chi connectivity index (χ2n) is 6.63. The van der Waals surface area contributed by atoms with E-state index >= 15 is 0 Å². The van der Waals surface area contributed by atoms with Gasteiger partial charge in [-0.05, 0) is 43.7 Å². The quantitative estimate of drug-likeness (QED) is 0.474. The lowest BCUT2D eigenvalue weighted by atomic mass is 10.1. The Morgan fingerprint density at radius 3 is 2.47 bits per heavy atom. The summed E-state index contributed by atoms with van der Waals surface area (Å²) < 4.78 is 16.3. The lowest BCUT2D eigenvalue weighted by Crippen LogP contribution is -2.31. The van der Waals surface area contributed by atoms with Crippen molar-refractivity contribution in [2.75, 3.05) is 26.5 Å². The molecule has 0 aliphatic carbocycles. The van der Waals surface area contributed by atoms with Gasteiger partial charge >= 0.3 is 0 Å². The number of methoxy groups -OCH3 is 2. The van der Waals surface area contributed by atoms with Gasteiger partial charge in [-0.25, -0.2) is 0 Å². The van der Waals surface area contributed by atoms with Gasteiger partial charge in [0.25, 0.3) is 5.22 Å². The summed E-state index contributed by atoms with van der Waals surface area (Å²) >= 11 is 1.24. The number of aromatic nitrogens is 2. The van der Waals surface area contributed by atoms with Gasteiger partial charge in [-0.3, -0.25) is 4.79 Å². The minimum absolute atomic E-state index is 0.00706. The van der Waals surface area contributed by atoms with E-state index in [-0.39, 0.29) is 11.7 Å². The van der Waals surface area contributed by atoms with E-state index in [1.54, 1.807) is 19.1 Å². The zero-order valence-electron chi connectivity index (χ0n) is 17.5. The molecular formula is C22H25N3O4S. The van der Waals surface area contributed by atoms with Crippen LogP contribution in [0.4, 0.5) is 0 Å². The fourth-order valence-electron chi connectivity index (χ4n) is 2.87. The fraction of sp³-hybridized carbons (Fsp3) is 0.318. The summed E-state index contributed by atoms with van der Waals surface area (Å²) in [6.45, 7) is 5.04. The Bertz CT molecular complexity index is 988. The molecule has 0 saturated heterocycles. The van der Waals surface area contributed by atoms with Gasteiger partial charge in [0.1, 0.15) is 0 Å². The SMILES string of the molecule is CCN(Cc1ccc(OC)c(OC)c1)C(=O)CSc1nnc(-c2ccc(C)cc2)o1. The molecule has 7 nitrogen and oxygen atoms in total. The van der Waals surface area contributed by atoms with E-state index in [1.807, 2.05) is 56.3 Å². The van der Waals surface area contributed by atoms with Crippen LogP contribution in [-0.4, -0.2) is 47.5 Å². The van der Waals surface area contributed by atoms with Crippen molar-refractivity contribution in [2.24, 2.45) is 0 Å². The zero-order chi connectivity index (χ0) is 21.5. The Balaban J connectivity index is 1.60. The third-order valence-electron chi connectivity index (χ3n) is 4.58. The predicted molar refractivity (Wildman–Crippen MR) is 116 cm³/mol. The second kappa shape index (κ2) is 10.2. The van der Waals surface area contributed by atoms with Crippen LogP contribution < -0.4 is 9.47 Å². The van der Waals surface area contributed by atoms with Crippen LogP contribution in [0, 0.1) is 6.92 Å². The molecule has 2 aromatic carbocycles. The minimum atomic E-state index is -0.00706. The van der Waals surface area contributed by atoms with E-state index in [9.17, 15) is 4.79 Å². The number of hydrogen-bond acceptors (Lipinski definition) is 7. The molecule has 8 heteroatoms. The van der Waals surface area contributed by atoms with Crippen molar-refractivity contribution in [2.45, 2.75) is 25.6 Å². The molecule has 158 valence electrons. The van der Waals surface area contributed by atoms with Gasteiger partial charge in [-0.2, -0.15) is 0 Å². The van der Waals surface area contributed by atoms with E-state index in [0.717, 1.165) is 16.7 Å². The molecule has 0 saturated carbocycles. The number of benzene rings is 2. The molecule has 0 bridgehead atoms. The van der Waals surface area contributed by atoms with Crippen LogP contribution in [0.15, 0.2) is 52.1 Å². The van der Waals surface area contributed by atoms with Gasteiger partial charge < -0.3 is 18.8 Å². The normalized spacial score (nSPS) is 10.7. The number of hydrogen-bond donors (Lipinski definition) is 0. The third-order valence-corrected chi connectivity index (χ3v) is 5.38. The Kier molecular flexibility index (Phi) is 7.35. The third kappa shape index (κ3) is 5.33. The standard InChI is InChI=1S/C22H25N3O4S/c1-5-25(13-16-8-11-18(27-3)19(12-16)28-4)20(26)14-30-22-24-23-21(29-22)17-9-6-15(2)7-10-17/h6-12H,5,13-14H2,1-4H3. The Labute approximate surface area is 180 Å². The molecule has 3 rings (SSSR count). The predicted octanol–water partition coefficient (Wildman–Crippen LogP) is 4.20. The average molecular weight is 428 g/mol. The summed E-state index contributed by atoms with van der Waals surface area (Å²) in [5, 5.41) is 8.49. The molecule has 1 amide bonds. The fourth-order valence-corrected chi connectivity index (χ4v) is 3.54. The highest BCUT2D eigenvalue weighted by Crippen LogP contribution is 2.28. The number of rotatable bonds is 9. The first-order valence-electron chi connectivity index (χ1n) is 9.56. The van der Waals surface area contributed by atoms with E-state index in [0.29, 0.717) is 35.7 Å². The topological polar surface area (TPSA) is 77.7 Å². The van der Waals surface area contributed by atoms with Gasteiger partial charge in [-0.15, -0.1) is 10.2 Å². The Hall–Kier alpha value is -3.00. The van der Waals surface area contributed by atoms with Crippen LogP contribution in [0.5, 0.6) is 11.5 Å². The van der Waals surface area contributed by atoms with Crippen LogP contribution in [0.25, 0.3) is 11.5 Å². The second-order valence-corrected chi connectivity index (χ2v) is 7.55. The molecule has 30 heavy (non-hydrogen) atoms. The molecule has 0 radical (unpaired) electrons. The molecule has 0 aliphatic rings. The van der Waals surface area contributed by atoms with Gasteiger partial charge in [0, 0.05) is 18.7 Å². The molecule has 0 aliphatic heterocycles. The Morgan fingerprint density at radius 2 is 1.80 bits per heavy atom. The van der Waals surface area contributed by atoms with Crippen molar-refractivity contribution < 1.29 is 18.7 Å². The zero-order valence-corrected chi connectivity index (χ0v) is 18.4. The molecule has 0 unspecified atom stereocenters. The van der Waals surface area contributed by atoms with Crippen LogP contribution in [0.1, 0.15) is 18.1 Å². The number of ether oxygens (including phenoxy) is 2. The highest BCUT2D eigenvalue weighted by molar-refractivity contribution is 7.99. The van der Waals surface area contributed by atoms with E-state index in [1.165, 1.54) is 11.8 Å². The number of carbonyl (C=O) groups is 1. The summed E-state index contributed by atoms with van der Waals surface area (Å²) in [5.41, 5.74) is 2.98. The lowest BCUT2D eigenvalue weighted by Gasteiger charge is -2.21. The summed E-state index contributed by atoms with van der Waals surface area (Å²) in [6.07, 6.45) is 0. The maximum absolute atomic E-state index is 12.7. The number of carbonyl (C=O) groups excluding carboxylic acids is 1. The molecule has 3 aromatic rings. The lowest BCUT2D eigenvalue weighted by molar-refractivity contribution is -0.128. The van der Waals surface area contributed by atoms with Gasteiger partial charge in [0.05, 0.1) is 20.0 Å². The van der Waals surface area contributed by atoms with Crippen LogP contribution >= 0.6 is 11.8 Å². The maximum atomic E-state index is 12.7. The summed E-state index contributed by atoms with van der Waals surface area (Å²) in [5.74, 6) is 1.96. The molecule has 0 fully saturated rings. The van der Waals surface area contributed by atoms with Crippen molar-refractivity contribution in [3.8, 4) is 23.0 Å². The summed E-state index contributed by atoms with van der Waals surface area (Å²) in [6, 6.07) is 13.5. The highest BCUT2D eigenvalue weighted by atomic mass is 32.2. The van der Waals surface area contributed by atoms with Gasteiger partial charge in [-0.1, -0.05) is 35.5 Å². The van der Waals surface area contributed by atoms with Gasteiger partial charge in [0.15, 0.2) is 11.5 Å². The first-order chi connectivity index (χ1) is 14.5. The number of aryl methyl sites for hydroxylation is 1. The number of amides is 1. The van der Waals surface area contributed by atoms with Crippen molar-refractivity contribution in [1.82, 2.24) is 15.1 Å². The molecule has 1 heterocycles. The van der Waals surface area contributed by atoms with Crippen molar-refractivity contribution in [1.29, 1.82) is 0 Å². The average Bonchev–Trinajstić information content (AvgIpc) is 3.25. The van der Waals surface area contributed by atoms with Crippen LogP contribution in [0.2, 0.25) is 0 Å². The molecule has 0 spiro atoms. The first-order valence-corrected chi connectivity index (χ1v) is 10.5. The summed E-state index contributed by atoms with van der Waals surface area (Å²) in [7, 11) is 3.19.